The van der Waals surface area contributed by atoms with Crippen molar-refractivity contribution in [3.63, 3.8) is 0 Å². The van der Waals surface area contributed by atoms with E-state index in [-0.39, 0.29) is 17.5 Å². The topological polar surface area (TPSA) is 35.5 Å². The third-order valence-corrected chi connectivity index (χ3v) is 7.68. The number of ether oxygens (including phenoxy) is 2. The SMILES string of the molecule is CC.CC(=O)OC1C=CC2C3CCc4cc(OCc5ccccc5)ccc4C3CCC12C. The van der Waals surface area contributed by atoms with Crippen LogP contribution in [-0.4, -0.2) is 12.1 Å². The molecule has 0 N–H and O–H groups in total. The van der Waals surface area contributed by atoms with Gasteiger partial charge in [0.2, 0.25) is 0 Å². The van der Waals surface area contributed by atoms with Crippen LogP contribution in [0.4, 0.5) is 0 Å². The minimum Gasteiger partial charge on any atom is -0.489 e. The Hall–Kier alpha value is -2.55. The van der Waals surface area contributed by atoms with Crippen LogP contribution in [0.25, 0.3) is 0 Å². The van der Waals surface area contributed by atoms with Crippen molar-refractivity contribution in [1.82, 2.24) is 0 Å². The number of carbonyl (C=O) groups excluding carboxylic acids is 1. The van der Waals surface area contributed by atoms with Gasteiger partial charge in [0.25, 0.3) is 0 Å². The van der Waals surface area contributed by atoms with Gasteiger partial charge in [-0.2, -0.15) is 0 Å². The molecule has 0 aliphatic heterocycles. The number of allylic oxidation sites excluding steroid dienone is 1. The number of aryl methyl sites for hydroxylation is 1. The Bertz CT molecular complexity index is 964. The first kappa shape index (κ1) is 22.6. The van der Waals surface area contributed by atoms with Gasteiger partial charge in [-0.25, -0.2) is 0 Å². The van der Waals surface area contributed by atoms with Crippen LogP contribution in [0, 0.1) is 17.3 Å². The van der Waals surface area contributed by atoms with Gasteiger partial charge in [0, 0.05) is 12.3 Å². The van der Waals surface area contributed by atoms with Crippen molar-refractivity contribution in [2.45, 2.75) is 72.0 Å². The number of hydrogen-bond acceptors (Lipinski definition) is 3. The standard InChI is InChI=1S/C27H30O3.C2H6/c1-18(28)30-26-13-12-25-24-10-8-20-16-21(29-17-19-6-4-3-5-7-19)9-11-22(20)23(24)14-15-27(25,26)2;1-2/h3-7,9,11-13,16,23-26H,8,10,14-15,17H2,1-2H3;1-2H3. The van der Waals surface area contributed by atoms with Crippen LogP contribution in [0.15, 0.2) is 60.7 Å². The van der Waals surface area contributed by atoms with E-state index in [0.29, 0.717) is 24.4 Å². The Morgan fingerprint density at radius 1 is 1.06 bits per heavy atom. The van der Waals surface area contributed by atoms with Gasteiger partial charge in [0.1, 0.15) is 18.5 Å². The first-order chi connectivity index (χ1) is 15.5. The molecule has 170 valence electrons. The molecular formula is C29H36O3. The zero-order valence-corrected chi connectivity index (χ0v) is 19.8. The quantitative estimate of drug-likeness (QED) is 0.391. The van der Waals surface area contributed by atoms with E-state index in [9.17, 15) is 4.79 Å². The number of hydrogen-bond donors (Lipinski definition) is 0. The summed E-state index contributed by atoms with van der Waals surface area (Å²) in [5.41, 5.74) is 4.19. The second-order valence-corrected chi connectivity index (χ2v) is 9.43. The number of fused-ring (bicyclic) bond motifs is 5. The van der Waals surface area contributed by atoms with Crippen LogP contribution in [0.2, 0.25) is 0 Å². The van der Waals surface area contributed by atoms with Gasteiger partial charge >= 0.3 is 5.97 Å². The molecule has 2 aromatic carbocycles. The second-order valence-electron chi connectivity index (χ2n) is 9.43. The number of rotatable bonds is 4. The average molecular weight is 433 g/mol. The van der Waals surface area contributed by atoms with E-state index in [1.54, 1.807) is 0 Å². The fraction of sp³-hybridized carbons (Fsp3) is 0.483. The maximum Gasteiger partial charge on any atom is 0.303 e. The molecule has 2 aromatic rings. The highest BCUT2D eigenvalue weighted by Gasteiger charge is 2.53. The zero-order valence-electron chi connectivity index (χ0n) is 19.8. The molecule has 0 bridgehead atoms. The normalized spacial score (nSPS) is 29.6. The third kappa shape index (κ3) is 4.22. The molecular weight excluding hydrogens is 396 g/mol. The lowest BCUT2D eigenvalue weighted by atomic mass is 9.55. The summed E-state index contributed by atoms with van der Waals surface area (Å²) in [5, 5.41) is 0. The summed E-state index contributed by atoms with van der Waals surface area (Å²) in [6.07, 6.45) is 8.95. The van der Waals surface area contributed by atoms with E-state index < -0.39 is 0 Å². The van der Waals surface area contributed by atoms with Gasteiger partial charge in [-0.1, -0.05) is 63.2 Å². The Kier molecular flexibility index (Phi) is 6.74. The summed E-state index contributed by atoms with van der Waals surface area (Å²) in [7, 11) is 0. The van der Waals surface area contributed by atoms with E-state index in [4.69, 9.17) is 9.47 Å². The number of carbonyl (C=O) groups is 1. The van der Waals surface area contributed by atoms with Crippen LogP contribution in [-0.2, 0) is 22.6 Å². The van der Waals surface area contributed by atoms with Gasteiger partial charge in [0.05, 0.1) is 0 Å². The van der Waals surface area contributed by atoms with E-state index in [1.165, 1.54) is 30.0 Å². The van der Waals surface area contributed by atoms with Crippen LogP contribution in [0.5, 0.6) is 5.75 Å². The fourth-order valence-electron chi connectivity index (χ4n) is 6.15. The van der Waals surface area contributed by atoms with Crippen LogP contribution >= 0.6 is 0 Å². The largest absolute Gasteiger partial charge is 0.489 e. The molecule has 0 aromatic heterocycles. The van der Waals surface area contributed by atoms with E-state index >= 15 is 0 Å². The Labute approximate surface area is 192 Å². The van der Waals surface area contributed by atoms with Crippen molar-refractivity contribution in [3.05, 3.63) is 77.4 Å². The van der Waals surface area contributed by atoms with E-state index in [2.05, 4.69) is 49.4 Å². The number of benzene rings is 2. The highest BCUT2D eigenvalue weighted by molar-refractivity contribution is 5.66. The maximum absolute atomic E-state index is 11.6. The van der Waals surface area contributed by atoms with Crippen LogP contribution < -0.4 is 4.74 Å². The van der Waals surface area contributed by atoms with Crippen molar-refractivity contribution >= 4 is 5.97 Å². The molecule has 0 radical (unpaired) electrons. The minimum absolute atomic E-state index is 0.0447. The van der Waals surface area contributed by atoms with Gasteiger partial charge in [-0.3, -0.25) is 4.79 Å². The third-order valence-electron chi connectivity index (χ3n) is 7.68. The lowest BCUT2D eigenvalue weighted by Gasteiger charge is -2.50. The summed E-state index contributed by atoms with van der Waals surface area (Å²) in [5.74, 6) is 2.50. The molecule has 3 heteroatoms. The Balaban J connectivity index is 0.00000119. The second kappa shape index (κ2) is 9.52. The number of esters is 1. The lowest BCUT2D eigenvalue weighted by molar-refractivity contribution is -0.152. The maximum atomic E-state index is 11.6. The molecule has 3 nitrogen and oxygen atoms in total. The summed E-state index contributed by atoms with van der Waals surface area (Å²) in [6.45, 7) is 8.44. The van der Waals surface area contributed by atoms with Crippen LogP contribution in [0.1, 0.15) is 69.6 Å². The van der Waals surface area contributed by atoms with Gasteiger partial charge < -0.3 is 9.47 Å². The summed E-state index contributed by atoms with van der Waals surface area (Å²) < 4.78 is 11.7. The molecule has 32 heavy (non-hydrogen) atoms. The van der Waals surface area contributed by atoms with Crippen LogP contribution in [0.3, 0.4) is 0 Å². The molecule has 5 rings (SSSR count). The molecule has 1 fully saturated rings. The predicted molar refractivity (Wildman–Crippen MR) is 129 cm³/mol. The first-order valence-electron chi connectivity index (χ1n) is 12.2. The Morgan fingerprint density at radius 3 is 2.59 bits per heavy atom. The molecule has 3 aliphatic rings. The monoisotopic (exact) mass is 432 g/mol. The molecule has 0 heterocycles. The fourth-order valence-corrected chi connectivity index (χ4v) is 6.15. The summed E-state index contributed by atoms with van der Waals surface area (Å²) >= 11 is 0. The van der Waals surface area contributed by atoms with Crippen molar-refractivity contribution in [2.75, 3.05) is 0 Å². The molecule has 0 amide bonds. The predicted octanol–water partition coefficient (Wildman–Crippen LogP) is 6.86. The highest BCUT2D eigenvalue weighted by atomic mass is 16.5. The van der Waals surface area contributed by atoms with Crippen molar-refractivity contribution in [3.8, 4) is 5.75 Å². The van der Waals surface area contributed by atoms with Gasteiger partial charge in [0.15, 0.2) is 0 Å². The van der Waals surface area contributed by atoms with E-state index in [1.807, 2.05) is 32.0 Å². The van der Waals surface area contributed by atoms with Crippen molar-refractivity contribution in [2.24, 2.45) is 17.3 Å². The molecule has 0 spiro atoms. The summed E-state index contributed by atoms with van der Waals surface area (Å²) in [4.78, 5) is 11.6. The van der Waals surface area contributed by atoms with Crippen molar-refractivity contribution in [1.29, 1.82) is 0 Å². The van der Waals surface area contributed by atoms with E-state index in [0.717, 1.165) is 25.0 Å². The summed E-state index contributed by atoms with van der Waals surface area (Å²) in [6, 6.07) is 17.0. The molecule has 1 saturated carbocycles. The van der Waals surface area contributed by atoms with Gasteiger partial charge in [-0.15, -0.1) is 0 Å². The van der Waals surface area contributed by atoms with Crippen molar-refractivity contribution < 1.29 is 14.3 Å². The molecule has 5 atom stereocenters. The lowest BCUT2D eigenvalue weighted by Crippen LogP contribution is -2.45. The minimum atomic E-state index is -0.175. The highest BCUT2D eigenvalue weighted by Crippen LogP contribution is 2.59. The smallest absolute Gasteiger partial charge is 0.303 e. The molecule has 0 saturated heterocycles. The Morgan fingerprint density at radius 2 is 1.84 bits per heavy atom. The molecule has 5 unspecified atom stereocenters. The van der Waals surface area contributed by atoms with Gasteiger partial charge in [-0.05, 0) is 78.3 Å². The average Bonchev–Trinajstić information content (AvgIpc) is 3.15. The zero-order chi connectivity index (χ0) is 22.7. The molecule has 3 aliphatic carbocycles. The first-order valence-corrected chi connectivity index (χ1v) is 12.2.